The molecule has 0 aliphatic carbocycles. The summed E-state index contributed by atoms with van der Waals surface area (Å²) in [6.45, 7) is 3.46. The highest BCUT2D eigenvalue weighted by molar-refractivity contribution is 5.94. The minimum Gasteiger partial charge on any atom is -0.350 e. The van der Waals surface area contributed by atoms with Crippen LogP contribution in [0, 0.1) is 5.92 Å². The molecule has 0 spiro atoms. The summed E-state index contributed by atoms with van der Waals surface area (Å²) in [7, 11) is 0. The topological polar surface area (TPSA) is 78.1 Å². The van der Waals surface area contributed by atoms with Gasteiger partial charge in [-0.05, 0) is 31.4 Å². The van der Waals surface area contributed by atoms with Crippen LogP contribution < -0.4 is 5.32 Å². The van der Waals surface area contributed by atoms with E-state index in [9.17, 15) is 9.59 Å². The van der Waals surface area contributed by atoms with E-state index in [1.54, 1.807) is 29.4 Å². The molecule has 2 aromatic rings. The molecule has 2 N–H and O–H groups in total. The van der Waals surface area contributed by atoms with Gasteiger partial charge in [0.05, 0.1) is 11.8 Å². The summed E-state index contributed by atoms with van der Waals surface area (Å²) in [5.74, 6) is 0.386. The van der Waals surface area contributed by atoms with Gasteiger partial charge < -0.3 is 10.2 Å². The molecule has 2 heterocycles. The average molecular weight is 312 g/mol. The highest BCUT2D eigenvalue weighted by Crippen LogP contribution is 2.22. The molecule has 6 nitrogen and oxygen atoms in total. The molecule has 0 saturated carbocycles. The average Bonchev–Trinajstić information content (AvgIpc) is 3.05. The Balaban J connectivity index is 1.43. The van der Waals surface area contributed by atoms with Crippen molar-refractivity contribution in [2.24, 2.45) is 5.92 Å². The summed E-state index contributed by atoms with van der Waals surface area (Å²) in [4.78, 5) is 26.0. The van der Waals surface area contributed by atoms with Gasteiger partial charge in [-0.2, -0.15) is 5.10 Å². The molecule has 3 rings (SSSR count). The SMILES string of the molecule is CC(CC1CN(C(=O)c2cn[nH]c2)C1)NC(=O)c1ccccc1. The van der Waals surface area contributed by atoms with E-state index in [2.05, 4.69) is 15.5 Å². The third-order valence-corrected chi connectivity index (χ3v) is 4.09. The standard InChI is InChI=1S/C17H20N4O2/c1-12(20-16(22)14-5-3-2-4-6-14)7-13-10-21(11-13)17(23)15-8-18-19-9-15/h2-6,8-9,12-13H,7,10-11H2,1H3,(H,18,19)(H,20,22). The number of nitrogens with zero attached hydrogens (tertiary/aromatic N) is 2. The van der Waals surface area contributed by atoms with Crippen LogP contribution in [0.1, 0.15) is 34.1 Å². The molecule has 1 aromatic heterocycles. The zero-order chi connectivity index (χ0) is 16.2. The molecule has 2 amide bonds. The number of amides is 2. The molecule has 1 fully saturated rings. The number of rotatable bonds is 5. The maximum absolute atomic E-state index is 12.1. The van der Waals surface area contributed by atoms with Crippen LogP contribution in [0.2, 0.25) is 0 Å². The predicted molar refractivity (Wildman–Crippen MR) is 86.0 cm³/mol. The first-order chi connectivity index (χ1) is 11.1. The highest BCUT2D eigenvalue weighted by atomic mass is 16.2. The minimum atomic E-state index is -0.0521. The maximum atomic E-state index is 12.1. The Labute approximate surface area is 134 Å². The number of aromatic amines is 1. The maximum Gasteiger partial charge on any atom is 0.257 e. The number of carbonyl (C=O) groups is 2. The Morgan fingerprint density at radius 1 is 1.30 bits per heavy atom. The second-order valence-electron chi connectivity index (χ2n) is 6.04. The van der Waals surface area contributed by atoms with E-state index < -0.39 is 0 Å². The molecular formula is C17H20N4O2. The fourth-order valence-corrected chi connectivity index (χ4v) is 2.89. The van der Waals surface area contributed by atoms with Crippen LogP contribution in [0.25, 0.3) is 0 Å². The largest absolute Gasteiger partial charge is 0.350 e. The highest BCUT2D eigenvalue weighted by Gasteiger charge is 2.32. The van der Waals surface area contributed by atoms with E-state index in [-0.39, 0.29) is 17.9 Å². The number of H-pyrrole nitrogens is 1. The second-order valence-corrected chi connectivity index (χ2v) is 6.04. The van der Waals surface area contributed by atoms with Crippen LogP contribution in [0.4, 0.5) is 0 Å². The van der Waals surface area contributed by atoms with Gasteiger partial charge in [0.1, 0.15) is 0 Å². The van der Waals surface area contributed by atoms with Crippen molar-refractivity contribution in [1.82, 2.24) is 20.4 Å². The lowest BCUT2D eigenvalue weighted by atomic mass is 9.92. The Morgan fingerprint density at radius 3 is 2.70 bits per heavy atom. The third kappa shape index (κ3) is 3.59. The zero-order valence-electron chi connectivity index (χ0n) is 13.0. The Bertz CT molecular complexity index is 663. The molecule has 23 heavy (non-hydrogen) atoms. The third-order valence-electron chi connectivity index (χ3n) is 4.09. The summed E-state index contributed by atoms with van der Waals surface area (Å²) in [5.41, 5.74) is 1.26. The monoisotopic (exact) mass is 312 g/mol. The van der Waals surface area contributed by atoms with Crippen LogP contribution in [0.3, 0.4) is 0 Å². The lowest BCUT2D eigenvalue weighted by Crippen LogP contribution is -2.51. The van der Waals surface area contributed by atoms with Gasteiger partial charge in [-0.25, -0.2) is 0 Å². The first-order valence-corrected chi connectivity index (χ1v) is 7.77. The van der Waals surface area contributed by atoms with Gasteiger partial charge in [0.25, 0.3) is 11.8 Å². The van der Waals surface area contributed by atoms with Crippen molar-refractivity contribution < 1.29 is 9.59 Å². The van der Waals surface area contributed by atoms with Crippen molar-refractivity contribution in [1.29, 1.82) is 0 Å². The van der Waals surface area contributed by atoms with Gasteiger partial charge in [-0.15, -0.1) is 0 Å². The van der Waals surface area contributed by atoms with E-state index in [1.165, 1.54) is 0 Å². The first kappa shape index (κ1) is 15.3. The Morgan fingerprint density at radius 2 is 2.04 bits per heavy atom. The Hall–Kier alpha value is -2.63. The van der Waals surface area contributed by atoms with E-state index in [0.717, 1.165) is 19.5 Å². The molecule has 120 valence electrons. The quantitative estimate of drug-likeness (QED) is 0.882. The number of likely N-dealkylation sites (tertiary alicyclic amines) is 1. The molecule has 1 aromatic carbocycles. The number of hydrogen-bond acceptors (Lipinski definition) is 3. The summed E-state index contributed by atoms with van der Waals surface area (Å²) in [6.07, 6.45) is 4.02. The van der Waals surface area contributed by atoms with Gasteiger partial charge in [0.15, 0.2) is 0 Å². The van der Waals surface area contributed by atoms with E-state index in [0.29, 0.717) is 17.0 Å². The van der Waals surface area contributed by atoms with Crippen LogP contribution in [0.15, 0.2) is 42.7 Å². The minimum absolute atomic E-state index is 0.0102. The van der Waals surface area contributed by atoms with Crippen molar-refractivity contribution in [3.05, 3.63) is 53.9 Å². The number of aromatic nitrogens is 2. The molecular weight excluding hydrogens is 292 g/mol. The van der Waals surface area contributed by atoms with E-state index in [4.69, 9.17) is 0 Å². The summed E-state index contributed by atoms with van der Waals surface area (Å²) in [5, 5.41) is 9.45. The fraction of sp³-hybridized carbons (Fsp3) is 0.353. The predicted octanol–water partition coefficient (Wildman–Crippen LogP) is 1.69. The smallest absolute Gasteiger partial charge is 0.257 e. The lowest BCUT2D eigenvalue weighted by Gasteiger charge is -2.40. The fourth-order valence-electron chi connectivity index (χ4n) is 2.89. The first-order valence-electron chi connectivity index (χ1n) is 7.77. The van der Waals surface area contributed by atoms with Crippen molar-refractivity contribution in [3.63, 3.8) is 0 Å². The van der Waals surface area contributed by atoms with Gasteiger partial charge in [-0.3, -0.25) is 14.7 Å². The summed E-state index contributed by atoms with van der Waals surface area (Å²) >= 11 is 0. The number of hydrogen-bond donors (Lipinski definition) is 2. The zero-order valence-corrected chi connectivity index (χ0v) is 13.0. The van der Waals surface area contributed by atoms with Crippen LogP contribution in [-0.4, -0.2) is 46.0 Å². The molecule has 1 unspecified atom stereocenters. The van der Waals surface area contributed by atoms with E-state index in [1.807, 2.05) is 25.1 Å². The van der Waals surface area contributed by atoms with Crippen LogP contribution in [-0.2, 0) is 0 Å². The van der Waals surface area contributed by atoms with Gasteiger partial charge in [0.2, 0.25) is 0 Å². The molecule has 1 saturated heterocycles. The van der Waals surface area contributed by atoms with Crippen molar-refractivity contribution in [2.75, 3.05) is 13.1 Å². The van der Waals surface area contributed by atoms with Gasteiger partial charge >= 0.3 is 0 Å². The number of benzene rings is 1. The summed E-state index contributed by atoms with van der Waals surface area (Å²) in [6, 6.07) is 9.28. The van der Waals surface area contributed by atoms with Crippen LogP contribution >= 0.6 is 0 Å². The van der Waals surface area contributed by atoms with E-state index >= 15 is 0 Å². The second kappa shape index (κ2) is 6.64. The molecule has 0 radical (unpaired) electrons. The molecule has 1 aliphatic heterocycles. The van der Waals surface area contributed by atoms with Crippen LogP contribution in [0.5, 0.6) is 0 Å². The Kier molecular flexibility index (Phi) is 4.41. The van der Waals surface area contributed by atoms with Crippen molar-refractivity contribution >= 4 is 11.8 Å². The number of carbonyl (C=O) groups excluding carboxylic acids is 2. The number of nitrogens with one attached hydrogen (secondary N) is 2. The van der Waals surface area contributed by atoms with Gasteiger partial charge in [-0.1, -0.05) is 18.2 Å². The van der Waals surface area contributed by atoms with Crippen molar-refractivity contribution in [3.8, 4) is 0 Å². The molecule has 0 bridgehead atoms. The normalized spacial score (nSPS) is 15.8. The molecule has 1 atom stereocenters. The lowest BCUT2D eigenvalue weighted by molar-refractivity contribution is 0.0464. The molecule has 1 aliphatic rings. The van der Waals surface area contributed by atoms with Crippen molar-refractivity contribution in [2.45, 2.75) is 19.4 Å². The van der Waals surface area contributed by atoms with Gasteiger partial charge in [0, 0.05) is 30.9 Å². The summed E-state index contributed by atoms with van der Waals surface area (Å²) < 4.78 is 0. The molecule has 6 heteroatoms.